The van der Waals surface area contributed by atoms with Crippen molar-refractivity contribution >= 4 is 38.1 Å². The quantitative estimate of drug-likeness (QED) is 0.211. The van der Waals surface area contributed by atoms with Crippen LogP contribution in [0.3, 0.4) is 0 Å². The molecule has 2 N–H and O–H groups in total. The second-order valence-corrected chi connectivity index (χ2v) is 7.63. The number of azide groups is 1. The molecule has 0 aromatic carbocycles. The Morgan fingerprint density at radius 2 is 2.26 bits per heavy atom. The minimum Gasteiger partial charge on any atom is -0.385 e. The Hall–Kier alpha value is -2.31. The molecule has 2 saturated heterocycles. The van der Waals surface area contributed by atoms with Crippen molar-refractivity contribution in [1.82, 2.24) is 23.9 Å². The summed E-state index contributed by atoms with van der Waals surface area (Å²) >= 11 is 0. The van der Waals surface area contributed by atoms with Gasteiger partial charge in [-0.25, -0.2) is 19.8 Å². The van der Waals surface area contributed by atoms with Crippen LogP contribution < -0.4 is 0 Å². The molecule has 0 spiro atoms. The number of rotatable bonds is 2. The fraction of sp³-hybridized carbons (Fsp3) is 0.417. The van der Waals surface area contributed by atoms with Crippen molar-refractivity contribution in [2.45, 2.75) is 24.5 Å². The predicted molar refractivity (Wildman–Crippen MR) is 90.7 cm³/mol. The van der Waals surface area contributed by atoms with Gasteiger partial charge in [0.1, 0.15) is 25.1 Å². The molecule has 2 radical (unpaired) electrons. The second kappa shape index (κ2) is 5.84. The molecule has 5 heterocycles. The molecule has 3 aromatic rings. The summed E-state index contributed by atoms with van der Waals surface area (Å²) in [6, 6.07) is 0. The Labute approximate surface area is 152 Å². The third-order valence-corrected chi connectivity index (χ3v) is 5.51. The Morgan fingerprint density at radius 3 is 3.07 bits per heavy atom. The third-order valence-electron chi connectivity index (χ3n) is 4.45. The average molecular weight is 389 g/mol. The van der Waals surface area contributed by atoms with Gasteiger partial charge in [-0.2, -0.15) is 9.05 Å². The first-order valence-electron chi connectivity index (χ1n) is 7.80. The topological polar surface area (TPSA) is 165 Å². The van der Waals surface area contributed by atoms with Gasteiger partial charge in [0.25, 0.3) is 0 Å². The lowest BCUT2D eigenvalue weighted by molar-refractivity contribution is -0.0598. The molecule has 2 aliphatic rings. The zero-order valence-electron chi connectivity index (χ0n) is 13.5. The smallest absolute Gasteiger partial charge is 0.385 e. The highest BCUT2D eigenvalue weighted by atomic mass is 31.2. The largest absolute Gasteiger partial charge is 0.488 e. The predicted octanol–water partition coefficient (Wildman–Crippen LogP) is 0.533. The van der Waals surface area contributed by atoms with Gasteiger partial charge in [-0.15, -0.1) is 0 Å². The highest BCUT2D eigenvalue weighted by molar-refractivity contribution is 7.85. The van der Waals surface area contributed by atoms with E-state index in [0.717, 1.165) is 0 Å². The molecule has 3 aromatic heterocycles. The SMILES string of the molecule is [B][P+]1(O)OC[C@H]2O[C@@H](n3c(N=[N+]=[N-])nc4c3ncn3ccnc43)[C@@H](O)[C@H]2O1. The van der Waals surface area contributed by atoms with Crippen LogP contribution in [0.15, 0.2) is 23.8 Å². The van der Waals surface area contributed by atoms with Crippen LogP contribution in [0.5, 0.6) is 0 Å². The van der Waals surface area contributed by atoms with Crippen LogP contribution in [0.25, 0.3) is 27.3 Å². The van der Waals surface area contributed by atoms with Crippen molar-refractivity contribution < 1.29 is 23.8 Å². The van der Waals surface area contributed by atoms with Gasteiger partial charge in [-0.3, -0.25) is 8.97 Å². The van der Waals surface area contributed by atoms with E-state index in [4.69, 9.17) is 26.9 Å². The summed E-state index contributed by atoms with van der Waals surface area (Å²) in [4.78, 5) is 25.4. The molecule has 0 saturated carbocycles. The van der Waals surface area contributed by atoms with Gasteiger partial charge in [0.15, 0.2) is 29.1 Å². The van der Waals surface area contributed by atoms with E-state index in [-0.39, 0.29) is 12.6 Å². The summed E-state index contributed by atoms with van der Waals surface area (Å²) in [5, 5.41) is 14.3. The van der Waals surface area contributed by atoms with Gasteiger partial charge in [0, 0.05) is 17.3 Å². The molecule has 27 heavy (non-hydrogen) atoms. The molecule has 2 aliphatic heterocycles. The van der Waals surface area contributed by atoms with Crippen LogP contribution in [-0.2, 0) is 13.8 Å². The van der Waals surface area contributed by atoms with Crippen LogP contribution in [-0.4, -0.2) is 66.4 Å². The maximum atomic E-state index is 10.7. The van der Waals surface area contributed by atoms with Crippen molar-refractivity contribution in [3.8, 4) is 0 Å². The van der Waals surface area contributed by atoms with Gasteiger partial charge in [-0.1, -0.05) is 0 Å². The number of aromatic nitrogens is 5. The fourth-order valence-electron chi connectivity index (χ4n) is 3.32. The van der Waals surface area contributed by atoms with Crippen LogP contribution in [0, 0.1) is 0 Å². The number of aliphatic hydroxyl groups is 1. The minimum absolute atomic E-state index is 0.0551. The summed E-state index contributed by atoms with van der Waals surface area (Å²) in [7, 11) is 2.01. The van der Waals surface area contributed by atoms with Crippen LogP contribution >= 0.6 is 7.82 Å². The standard InChI is InChI=1S/C12H11BN8O5P/c13-27(23)24-3-5-8(26-27)7(22)11(25-5)21-10-6(17-12(21)18-19-14)9-15-1-2-20(9)4-16-10/h1-2,4-5,7-8,11,22-23H,3H2/q+1/t5-,7+,8+,11-,27?/m1/s1. The Kier molecular flexibility index (Phi) is 3.65. The van der Waals surface area contributed by atoms with Gasteiger partial charge in [-0.05, 0) is 10.6 Å². The summed E-state index contributed by atoms with van der Waals surface area (Å²) in [5.74, 6) is -0.0579. The summed E-state index contributed by atoms with van der Waals surface area (Å²) in [6.07, 6.45) is 0.907. The number of hydrogen-bond donors (Lipinski definition) is 2. The maximum Gasteiger partial charge on any atom is 0.488 e. The monoisotopic (exact) mass is 389 g/mol. The molecule has 0 aliphatic carbocycles. The number of aliphatic hydroxyl groups excluding tert-OH is 1. The van der Waals surface area contributed by atoms with Gasteiger partial charge >= 0.3 is 15.4 Å². The molecule has 0 bridgehead atoms. The maximum absolute atomic E-state index is 10.7. The molecular weight excluding hydrogens is 378 g/mol. The summed E-state index contributed by atoms with van der Waals surface area (Å²) in [6.45, 7) is -0.0551. The molecule has 5 atom stereocenters. The first-order chi connectivity index (χ1) is 13.0. The van der Waals surface area contributed by atoms with E-state index in [0.29, 0.717) is 16.8 Å². The van der Waals surface area contributed by atoms with E-state index in [1.54, 1.807) is 16.8 Å². The minimum atomic E-state index is -3.52. The molecule has 13 nitrogen and oxygen atoms in total. The van der Waals surface area contributed by atoms with Crippen LogP contribution in [0.4, 0.5) is 5.95 Å². The number of nitrogens with zero attached hydrogens (tertiary/aromatic N) is 8. The lowest BCUT2D eigenvalue weighted by atomic mass is 10.1. The highest BCUT2D eigenvalue weighted by Gasteiger charge is 2.57. The van der Waals surface area contributed by atoms with Crippen molar-refractivity contribution in [1.29, 1.82) is 0 Å². The lowest BCUT2D eigenvalue weighted by Crippen LogP contribution is -2.40. The zero-order valence-corrected chi connectivity index (χ0v) is 14.4. The molecular formula is C12H11BN8O5P+. The number of fused-ring (bicyclic) bond motifs is 4. The van der Waals surface area contributed by atoms with E-state index in [1.807, 2.05) is 0 Å². The Bertz CT molecular complexity index is 1100. The van der Waals surface area contributed by atoms with E-state index >= 15 is 0 Å². The first-order valence-corrected chi connectivity index (χ1v) is 9.45. The van der Waals surface area contributed by atoms with Gasteiger partial charge in [0.05, 0.1) is 0 Å². The summed E-state index contributed by atoms with van der Waals surface area (Å²) < 4.78 is 19.2. The zero-order chi connectivity index (χ0) is 18.8. The normalized spacial score (nSPS) is 33.3. The van der Waals surface area contributed by atoms with Gasteiger partial charge < -0.3 is 9.84 Å². The Balaban J connectivity index is 1.66. The number of imidazole rings is 2. The molecule has 136 valence electrons. The number of hydrogen-bond acceptors (Lipinski definition) is 9. The van der Waals surface area contributed by atoms with Crippen molar-refractivity contribution in [2.24, 2.45) is 5.11 Å². The highest BCUT2D eigenvalue weighted by Crippen LogP contribution is 2.58. The van der Waals surface area contributed by atoms with E-state index in [9.17, 15) is 10.00 Å². The van der Waals surface area contributed by atoms with Crippen molar-refractivity contribution in [3.63, 3.8) is 0 Å². The first kappa shape index (κ1) is 16.8. The molecule has 0 amide bonds. The second-order valence-electron chi connectivity index (χ2n) is 6.03. The van der Waals surface area contributed by atoms with E-state index in [2.05, 4.69) is 25.0 Å². The fourth-order valence-corrected chi connectivity index (χ4v) is 4.35. The molecule has 1 unspecified atom stereocenters. The van der Waals surface area contributed by atoms with Crippen molar-refractivity contribution in [2.75, 3.05) is 6.61 Å². The molecule has 2 fully saturated rings. The number of ether oxygens (including phenoxy) is 1. The van der Waals surface area contributed by atoms with Gasteiger partial charge in [0.2, 0.25) is 5.95 Å². The third kappa shape index (κ3) is 2.51. The molecule has 15 heteroatoms. The van der Waals surface area contributed by atoms with Crippen molar-refractivity contribution in [3.05, 3.63) is 29.2 Å². The summed E-state index contributed by atoms with van der Waals surface area (Å²) in [5.41, 5.74) is 10.1. The Morgan fingerprint density at radius 1 is 1.41 bits per heavy atom. The van der Waals surface area contributed by atoms with E-state index in [1.165, 1.54) is 10.9 Å². The molecule has 5 rings (SSSR count). The van der Waals surface area contributed by atoms with E-state index < -0.39 is 32.4 Å². The van der Waals surface area contributed by atoms with Crippen LogP contribution in [0.1, 0.15) is 6.23 Å². The average Bonchev–Trinajstić information content (AvgIpc) is 3.30. The van der Waals surface area contributed by atoms with Crippen LogP contribution in [0.2, 0.25) is 0 Å². The lowest BCUT2D eigenvalue weighted by Gasteiger charge is -2.27.